The van der Waals surface area contributed by atoms with Gasteiger partial charge in [0.2, 0.25) is 0 Å². The lowest BCUT2D eigenvalue weighted by molar-refractivity contribution is -0.140. The van der Waals surface area contributed by atoms with Crippen molar-refractivity contribution in [2.75, 3.05) is 0 Å². The van der Waals surface area contributed by atoms with Crippen LogP contribution >= 0.6 is 0 Å². The number of hydrogen-bond acceptors (Lipinski definition) is 3. The zero-order valence-corrected chi connectivity index (χ0v) is 11.3. The molecule has 2 heterocycles. The highest BCUT2D eigenvalue weighted by Crippen LogP contribution is 2.50. The summed E-state index contributed by atoms with van der Waals surface area (Å²) in [5, 5.41) is 0. The molecule has 0 spiro atoms. The molecule has 100 valence electrons. The van der Waals surface area contributed by atoms with Crippen LogP contribution in [0.1, 0.15) is 46.0 Å². The maximum Gasteiger partial charge on any atom is 0.334 e. The Labute approximate surface area is 109 Å². The minimum absolute atomic E-state index is 0.0646. The van der Waals surface area contributed by atoms with Crippen molar-refractivity contribution < 1.29 is 14.3 Å². The van der Waals surface area contributed by atoms with Crippen LogP contribution in [0.3, 0.4) is 0 Å². The number of rotatable bonds is 0. The molecule has 5 atom stereocenters. The second-order valence-corrected chi connectivity index (χ2v) is 6.43. The second-order valence-electron chi connectivity index (χ2n) is 6.43. The van der Waals surface area contributed by atoms with Crippen molar-refractivity contribution in [3.8, 4) is 0 Å². The van der Waals surface area contributed by atoms with Crippen LogP contribution in [-0.2, 0) is 14.3 Å². The van der Waals surface area contributed by atoms with Gasteiger partial charge >= 0.3 is 5.97 Å². The number of carbonyl (C=O) groups excluding carboxylic acids is 1. The molecule has 0 bridgehead atoms. The monoisotopic (exact) mass is 250 g/mol. The number of hydrogen-bond donors (Lipinski definition) is 0. The van der Waals surface area contributed by atoms with E-state index in [0.29, 0.717) is 11.5 Å². The topological polar surface area (TPSA) is 38.8 Å². The summed E-state index contributed by atoms with van der Waals surface area (Å²) in [5.41, 5.74) is 0.593. The van der Waals surface area contributed by atoms with Crippen molar-refractivity contribution in [2.45, 2.75) is 63.8 Å². The summed E-state index contributed by atoms with van der Waals surface area (Å²) in [6.45, 7) is 8.36. The van der Waals surface area contributed by atoms with Crippen molar-refractivity contribution in [1.29, 1.82) is 0 Å². The molecule has 2 saturated heterocycles. The molecule has 0 amide bonds. The third kappa shape index (κ3) is 1.89. The average molecular weight is 250 g/mol. The Kier molecular flexibility index (Phi) is 2.77. The first-order valence-corrected chi connectivity index (χ1v) is 7.09. The van der Waals surface area contributed by atoms with Gasteiger partial charge in [0.1, 0.15) is 12.2 Å². The Bertz CT molecular complexity index is 389. The van der Waals surface area contributed by atoms with Gasteiger partial charge in [-0.3, -0.25) is 0 Å². The van der Waals surface area contributed by atoms with Gasteiger partial charge in [-0.2, -0.15) is 0 Å². The van der Waals surface area contributed by atoms with Crippen LogP contribution in [0.2, 0.25) is 0 Å². The molecule has 18 heavy (non-hydrogen) atoms. The van der Waals surface area contributed by atoms with Crippen LogP contribution in [0.15, 0.2) is 12.2 Å². The van der Waals surface area contributed by atoms with E-state index in [1.165, 1.54) is 12.8 Å². The molecule has 2 aliphatic heterocycles. The molecular formula is C15H22O3. The molecule has 1 aliphatic carbocycles. The minimum atomic E-state index is -0.213. The van der Waals surface area contributed by atoms with E-state index in [-0.39, 0.29) is 29.7 Å². The molecule has 3 nitrogen and oxygen atoms in total. The van der Waals surface area contributed by atoms with Gasteiger partial charge in [-0.1, -0.05) is 26.3 Å². The van der Waals surface area contributed by atoms with Gasteiger partial charge in [0.25, 0.3) is 0 Å². The van der Waals surface area contributed by atoms with Gasteiger partial charge in [0.05, 0.1) is 5.60 Å². The molecule has 0 aromatic carbocycles. The van der Waals surface area contributed by atoms with E-state index in [4.69, 9.17) is 9.47 Å². The summed E-state index contributed by atoms with van der Waals surface area (Å²) < 4.78 is 11.4. The van der Waals surface area contributed by atoms with Gasteiger partial charge in [0, 0.05) is 11.5 Å². The third-order valence-electron chi connectivity index (χ3n) is 4.93. The Morgan fingerprint density at radius 2 is 2.11 bits per heavy atom. The van der Waals surface area contributed by atoms with Crippen molar-refractivity contribution in [2.24, 2.45) is 11.8 Å². The number of esters is 1. The maximum atomic E-state index is 11.7. The highest BCUT2D eigenvalue weighted by atomic mass is 16.6. The van der Waals surface area contributed by atoms with Crippen LogP contribution in [0.5, 0.6) is 0 Å². The lowest BCUT2D eigenvalue weighted by Crippen LogP contribution is -2.29. The molecule has 0 N–H and O–H groups in total. The Hall–Kier alpha value is -0.830. The third-order valence-corrected chi connectivity index (χ3v) is 4.93. The summed E-state index contributed by atoms with van der Waals surface area (Å²) in [7, 11) is 0. The lowest BCUT2D eigenvalue weighted by Gasteiger charge is -2.21. The number of fused-ring (bicyclic) bond motifs is 3. The molecule has 0 aromatic rings. The first-order valence-electron chi connectivity index (χ1n) is 7.09. The smallest absolute Gasteiger partial charge is 0.334 e. The Morgan fingerprint density at radius 3 is 2.89 bits per heavy atom. The van der Waals surface area contributed by atoms with Crippen LogP contribution < -0.4 is 0 Å². The van der Waals surface area contributed by atoms with Crippen LogP contribution in [0.4, 0.5) is 0 Å². The number of ether oxygens (including phenoxy) is 2. The predicted octanol–water partition coefficient (Wildman–Crippen LogP) is 2.84. The lowest BCUT2D eigenvalue weighted by atomic mass is 9.81. The predicted molar refractivity (Wildman–Crippen MR) is 68.0 cm³/mol. The largest absolute Gasteiger partial charge is 0.455 e. The van der Waals surface area contributed by atoms with E-state index in [1.54, 1.807) is 0 Å². The Morgan fingerprint density at radius 1 is 1.33 bits per heavy atom. The molecule has 3 rings (SSSR count). The number of carbonyl (C=O) groups is 1. The van der Waals surface area contributed by atoms with Crippen molar-refractivity contribution in [3.05, 3.63) is 12.2 Å². The van der Waals surface area contributed by atoms with E-state index in [2.05, 4.69) is 20.4 Å². The van der Waals surface area contributed by atoms with E-state index < -0.39 is 0 Å². The molecule has 3 heteroatoms. The van der Waals surface area contributed by atoms with Gasteiger partial charge in [-0.25, -0.2) is 4.79 Å². The van der Waals surface area contributed by atoms with Crippen molar-refractivity contribution in [3.63, 3.8) is 0 Å². The summed E-state index contributed by atoms with van der Waals surface area (Å²) in [4.78, 5) is 11.7. The van der Waals surface area contributed by atoms with Crippen molar-refractivity contribution in [1.82, 2.24) is 0 Å². The standard InChI is InChI=1S/C15H22O3/c1-9-5-4-8-15(3)13(18-15)12-11(7-6-9)10(2)14(16)17-12/h9,11-13H,2,4-8H2,1,3H3/t9-,11?,12+,13?,15-/m1/s1. The molecule has 2 unspecified atom stereocenters. The van der Waals surface area contributed by atoms with Crippen LogP contribution in [0.25, 0.3) is 0 Å². The van der Waals surface area contributed by atoms with Gasteiger partial charge < -0.3 is 9.47 Å². The van der Waals surface area contributed by atoms with E-state index >= 15 is 0 Å². The fourth-order valence-electron chi connectivity index (χ4n) is 3.52. The molecule has 0 aromatic heterocycles. The summed E-state index contributed by atoms with van der Waals surface area (Å²) in [6.07, 6.45) is 5.71. The first kappa shape index (κ1) is 12.2. The fourth-order valence-corrected chi connectivity index (χ4v) is 3.52. The molecular weight excluding hydrogens is 228 g/mol. The SMILES string of the molecule is C=C1C(=O)O[C@H]2C1CC[C@H](C)CCC[C@@]1(C)OC21. The van der Waals surface area contributed by atoms with E-state index in [0.717, 1.165) is 19.3 Å². The van der Waals surface area contributed by atoms with Gasteiger partial charge in [-0.15, -0.1) is 0 Å². The molecule has 0 radical (unpaired) electrons. The van der Waals surface area contributed by atoms with Gasteiger partial charge in [0.15, 0.2) is 0 Å². The average Bonchev–Trinajstić information content (AvgIpc) is 2.90. The zero-order valence-electron chi connectivity index (χ0n) is 11.3. The molecule has 1 saturated carbocycles. The quantitative estimate of drug-likeness (QED) is 0.377. The molecule has 3 fully saturated rings. The highest BCUT2D eigenvalue weighted by molar-refractivity contribution is 5.90. The van der Waals surface area contributed by atoms with Gasteiger partial charge in [-0.05, 0) is 32.1 Å². The summed E-state index contributed by atoms with van der Waals surface area (Å²) >= 11 is 0. The number of epoxide rings is 1. The zero-order chi connectivity index (χ0) is 12.9. The maximum absolute atomic E-state index is 11.7. The second kappa shape index (κ2) is 4.09. The summed E-state index contributed by atoms with van der Waals surface area (Å²) in [6, 6.07) is 0. The summed E-state index contributed by atoms with van der Waals surface area (Å²) in [5.74, 6) is 0.674. The van der Waals surface area contributed by atoms with E-state index in [1.807, 2.05) is 0 Å². The van der Waals surface area contributed by atoms with Crippen molar-refractivity contribution >= 4 is 5.97 Å². The first-order chi connectivity index (χ1) is 8.51. The van der Waals surface area contributed by atoms with E-state index in [9.17, 15) is 4.79 Å². The normalized spacial score (nSPS) is 48.1. The molecule has 3 aliphatic rings. The Balaban J connectivity index is 1.82. The minimum Gasteiger partial charge on any atom is -0.455 e. The fraction of sp³-hybridized carbons (Fsp3) is 0.800. The van der Waals surface area contributed by atoms with Crippen LogP contribution in [0, 0.1) is 11.8 Å². The highest BCUT2D eigenvalue weighted by Gasteiger charge is 2.61. The van der Waals surface area contributed by atoms with Crippen LogP contribution in [-0.4, -0.2) is 23.8 Å².